The second-order valence-electron chi connectivity index (χ2n) is 5.85. The number of amides is 1. The van der Waals surface area contributed by atoms with Crippen LogP contribution < -0.4 is 10.1 Å². The summed E-state index contributed by atoms with van der Waals surface area (Å²) in [5, 5.41) is 2.81. The van der Waals surface area contributed by atoms with Crippen molar-refractivity contribution >= 4 is 11.9 Å². The third-order valence-electron chi connectivity index (χ3n) is 3.80. The van der Waals surface area contributed by atoms with Crippen LogP contribution in [-0.4, -0.2) is 46.1 Å². The summed E-state index contributed by atoms with van der Waals surface area (Å²) in [6.45, 7) is -1.16. The van der Waals surface area contributed by atoms with Gasteiger partial charge in [-0.25, -0.2) is 4.98 Å². The number of aromatic nitrogens is 2. The van der Waals surface area contributed by atoms with E-state index in [1.165, 1.54) is 6.20 Å². The number of likely N-dealkylation sites (tertiary alicyclic amines) is 1. The molecular formula is C17H17F3N4O2. The number of hydrogen-bond acceptors (Lipinski definition) is 5. The van der Waals surface area contributed by atoms with Gasteiger partial charge in [0.25, 0.3) is 0 Å². The van der Waals surface area contributed by atoms with Gasteiger partial charge in [-0.3, -0.25) is 4.79 Å². The molecule has 0 radical (unpaired) electrons. The predicted molar refractivity (Wildman–Crippen MR) is 87.8 cm³/mol. The Bertz CT molecular complexity index is 755. The molecule has 1 amide bonds. The van der Waals surface area contributed by atoms with Crippen molar-refractivity contribution in [2.24, 2.45) is 0 Å². The fourth-order valence-corrected chi connectivity index (χ4v) is 2.68. The van der Waals surface area contributed by atoms with Gasteiger partial charge < -0.3 is 15.0 Å². The number of halogens is 3. The number of carbonyl (C=O) groups excluding carboxylic acids is 1. The first-order chi connectivity index (χ1) is 12.4. The van der Waals surface area contributed by atoms with Crippen LogP contribution >= 0.6 is 0 Å². The Morgan fingerprint density at radius 1 is 1.23 bits per heavy atom. The number of hydrogen-bond donors (Lipinski definition) is 1. The normalized spacial score (nSPS) is 17.9. The lowest BCUT2D eigenvalue weighted by atomic mass is 10.0. The number of nitrogens with zero attached hydrogens (tertiary/aromatic N) is 3. The minimum absolute atomic E-state index is 0.0918. The highest BCUT2D eigenvalue weighted by Gasteiger charge is 2.37. The van der Waals surface area contributed by atoms with Crippen LogP contribution in [0.1, 0.15) is 12.8 Å². The molecule has 0 saturated carbocycles. The molecule has 1 fully saturated rings. The molecule has 1 unspecified atom stereocenters. The first-order valence-corrected chi connectivity index (χ1v) is 8.09. The number of piperidine rings is 1. The molecule has 1 aliphatic heterocycles. The Morgan fingerprint density at radius 2 is 2.00 bits per heavy atom. The van der Waals surface area contributed by atoms with Crippen molar-refractivity contribution in [3.05, 3.63) is 42.6 Å². The molecule has 2 heterocycles. The molecule has 6 nitrogen and oxygen atoms in total. The molecule has 0 spiro atoms. The average molecular weight is 366 g/mol. The van der Waals surface area contributed by atoms with Gasteiger partial charge in [0.2, 0.25) is 17.7 Å². The molecule has 26 heavy (non-hydrogen) atoms. The summed E-state index contributed by atoms with van der Waals surface area (Å²) < 4.78 is 43.3. The number of benzene rings is 1. The van der Waals surface area contributed by atoms with E-state index in [2.05, 4.69) is 15.3 Å². The van der Waals surface area contributed by atoms with Gasteiger partial charge in [-0.2, -0.15) is 18.2 Å². The van der Waals surface area contributed by atoms with E-state index >= 15 is 0 Å². The number of para-hydroxylation sites is 1. The van der Waals surface area contributed by atoms with Crippen molar-refractivity contribution in [1.82, 2.24) is 14.9 Å². The molecule has 138 valence electrons. The lowest BCUT2D eigenvalue weighted by Gasteiger charge is -2.33. The van der Waals surface area contributed by atoms with Crippen LogP contribution in [0.15, 0.2) is 42.6 Å². The Morgan fingerprint density at radius 3 is 2.73 bits per heavy atom. The summed E-state index contributed by atoms with van der Waals surface area (Å²) in [5.74, 6) is 0.378. The third kappa shape index (κ3) is 4.84. The SMILES string of the molecule is O=C1C(Nc2nccc(Oc3ccccc3)n2)CCCN1CC(F)(F)F. The summed E-state index contributed by atoms with van der Waals surface area (Å²) in [5.41, 5.74) is 0. The lowest BCUT2D eigenvalue weighted by Crippen LogP contribution is -2.50. The van der Waals surface area contributed by atoms with Crippen LogP contribution in [0.25, 0.3) is 0 Å². The first-order valence-electron chi connectivity index (χ1n) is 8.09. The van der Waals surface area contributed by atoms with Gasteiger partial charge >= 0.3 is 6.18 Å². The Hall–Kier alpha value is -2.84. The third-order valence-corrected chi connectivity index (χ3v) is 3.80. The van der Waals surface area contributed by atoms with E-state index in [1.807, 2.05) is 18.2 Å². The van der Waals surface area contributed by atoms with Crippen molar-refractivity contribution < 1.29 is 22.7 Å². The van der Waals surface area contributed by atoms with Crippen molar-refractivity contribution in [2.75, 3.05) is 18.4 Å². The van der Waals surface area contributed by atoms with E-state index in [0.29, 0.717) is 18.6 Å². The number of anilines is 1. The molecular weight excluding hydrogens is 349 g/mol. The molecule has 9 heteroatoms. The first kappa shape index (κ1) is 18.0. The second-order valence-corrected chi connectivity index (χ2v) is 5.85. The maximum absolute atomic E-state index is 12.6. The van der Waals surface area contributed by atoms with Crippen molar-refractivity contribution in [2.45, 2.75) is 25.1 Å². The minimum Gasteiger partial charge on any atom is -0.439 e. The molecule has 2 aromatic rings. The lowest BCUT2D eigenvalue weighted by molar-refractivity contribution is -0.163. The van der Waals surface area contributed by atoms with Crippen LogP contribution in [-0.2, 0) is 4.79 Å². The molecule has 0 aliphatic carbocycles. The van der Waals surface area contributed by atoms with Gasteiger partial charge in [0.05, 0.1) is 0 Å². The molecule has 1 aromatic carbocycles. The van der Waals surface area contributed by atoms with Gasteiger partial charge in [0.1, 0.15) is 18.3 Å². The molecule has 1 atom stereocenters. The highest BCUT2D eigenvalue weighted by molar-refractivity contribution is 5.85. The van der Waals surface area contributed by atoms with E-state index in [4.69, 9.17) is 4.74 Å². The van der Waals surface area contributed by atoms with Crippen LogP contribution in [0.2, 0.25) is 0 Å². The standard InChI is InChI=1S/C17H17F3N4O2/c18-17(19,20)11-24-10-4-7-13(15(24)25)22-16-21-9-8-14(23-16)26-12-5-2-1-3-6-12/h1-3,5-6,8-9,13H,4,7,10-11H2,(H,21,22,23). The van der Waals surface area contributed by atoms with Crippen molar-refractivity contribution in [1.29, 1.82) is 0 Å². The fraction of sp³-hybridized carbons (Fsp3) is 0.353. The summed E-state index contributed by atoms with van der Waals surface area (Å²) in [6, 6.07) is 9.75. The van der Waals surface area contributed by atoms with Crippen molar-refractivity contribution in [3.63, 3.8) is 0 Å². The van der Waals surface area contributed by atoms with Gasteiger partial charge in [-0.1, -0.05) is 18.2 Å². The van der Waals surface area contributed by atoms with E-state index in [1.54, 1.807) is 18.2 Å². The predicted octanol–water partition coefficient (Wildman–Crippen LogP) is 3.23. The maximum atomic E-state index is 12.6. The molecule has 0 bridgehead atoms. The summed E-state index contributed by atoms with van der Waals surface area (Å²) in [6.07, 6.45) is -2.08. The number of ether oxygens (including phenoxy) is 1. The van der Waals surface area contributed by atoms with Gasteiger partial charge in [0.15, 0.2) is 0 Å². The zero-order valence-corrected chi connectivity index (χ0v) is 13.7. The Kier molecular flexibility index (Phi) is 5.24. The highest BCUT2D eigenvalue weighted by Crippen LogP contribution is 2.23. The largest absolute Gasteiger partial charge is 0.439 e. The fourth-order valence-electron chi connectivity index (χ4n) is 2.68. The maximum Gasteiger partial charge on any atom is 0.406 e. The quantitative estimate of drug-likeness (QED) is 0.880. The highest BCUT2D eigenvalue weighted by atomic mass is 19.4. The van der Waals surface area contributed by atoms with Crippen molar-refractivity contribution in [3.8, 4) is 11.6 Å². The summed E-state index contributed by atoms with van der Waals surface area (Å²) >= 11 is 0. The smallest absolute Gasteiger partial charge is 0.406 e. The summed E-state index contributed by atoms with van der Waals surface area (Å²) in [7, 11) is 0. The summed E-state index contributed by atoms with van der Waals surface area (Å²) in [4.78, 5) is 21.2. The number of carbonyl (C=O) groups is 1. The molecule has 1 aromatic heterocycles. The zero-order chi connectivity index (χ0) is 18.6. The van der Waals surface area contributed by atoms with E-state index in [9.17, 15) is 18.0 Å². The Labute approximate surface area is 148 Å². The number of alkyl halides is 3. The van der Waals surface area contributed by atoms with E-state index < -0.39 is 24.7 Å². The number of nitrogens with one attached hydrogen (secondary N) is 1. The minimum atomic E-state index is -4.42. The number of rotatable bonds is 5. The van der Waals surface area contributed by atoms with E-state index in [-0.39, 0.29) is 18.4 Å². The van der Waals surface area contributed by atoms with Gasteiger partial charge in [-0.05, 0) is 25.0 Å². The topological polar surface area (TPSA) is 67.3 Å². The van der Waals surface area contributed by atoms with Crippen LogP contribution in [0.4, 0.5) is 19.1 Å². The monoisotopic (exact) mass is 366 g/mol. The van der Waals surface area contributed by atoms with Gasteiger partial charge in [0, 0.05) is 18.8 Å². The molecule has 1 saturated heterocycles. The van der Waals surface area contributed by atoms with Crippen LogP contribution in [0, 0.1) is 0 Å². The van der Waals surface area contributed by atoms with Gasteiger partial charge in [-0.15, -0.1) is 0 Å². The molecule has 1 N–H and O–H groups in total. The second kappa shape index (κ2) is 7.59. The van der Waals surface area contributed by atoms with Crippen LogP contribution in [0.5, 0.6) is 11.6 Å². The average Bonchev–Trinajstić information content (AvgIpc) is 2.59. The zero-order valence-electron chi connectivity index (χ0n) is 13.7. The molecule has 3 rings (SSSR count). The Balaban J connectivity index is 1.66. The van der Waals surface area contributed by atoms with E-state index in [0.717, 1.165) is 4.90 Å². The molecule has 1 aliphatic rings. The van der Waals surface area contributed by atoms with Crippen LogP contribution in [0.3, 0.4) is 0 Å².